The molecule has 0 aliphatic rings. The number of anilines is 1. The quantitative estimate of drug-likeness (QED) is 0.917. The lowest BCUT2D eigenvalue weighted by atomic mass is 10.1. The van der Waals surface area contributed by atoms with Crippen LogP contribution in [0.4, 0.5) is 18.9 Å². The molecule has 0 radical (unpaired) electrons. The molecule has 2 rings (SSSR count). The lowest BCUT2D eigenvalue weighted by Crippen LogP contribution is -2.05. The first-order valence-corrected chi connectivity index (χ1v) is 5.49. The maximum atomic E-state index is 13.6. The number of benzene rings is 2. The van der Waals surface area contributed by atoms with Gasteiger partial charge in [-0.05, 0) is 18.2 Å². The third-order valence-electron chi connectivity index (χ3n) is 2.63. The largest absolute Gasteiger partial charge is 0.378 e. The van der Waals surface area contributed by atoms with Crippen LogP contribution in [-0.2, 0) is 6.54 Å². The summed E-state index contributed by atoms with van der Waals surface area (Å²) in [6.07, 6.45) is 0. The molecule has 0 saturated carbocycles. The van der Waals surface area contributed by atoms with Crippen LogP contribution in [0.5, 0.6) is 0 Å². The predicted molar refractivity (Wildman–Crippen MR) is 64.8 cm³/mol. The van der Waals surface area contributed by atoms with Crippen molar-refractivity contribution in [1.82, 2.24) is 0 Å². The standard InChI is InChI=1S/C14H9F3N2/c15-11-4-2-1-3-10(11)8-19-12-6-5-9(7-18)13(16)14(12)17/h1-6,19H,8H2. The van der Waals surface area contributed by atoms with Gasteiger partial charge in [0, 0.05) is 12.1 Å². The smallest absolute Gasteiger partial charge is 0.183 e. The molecule has 0 amide bonds. The van der Waals surface area contributed by atoms with E-state index in [-0.39, 0.29) is 17.8 Å². The summed E-state index contributed by atoms with van der Waals surface area (Å²) in [4.78, 5) is 0. The van der Waals surface area contributed by atoms with Crippen LogP contribution >= 0.6 is 0 Å². The molecule has 2 aromatic carbocycles. The van der Waals surface area contributed by atoms with Crippen LogP contribution in [0, 0.1) is 28.8 Å². The fourth-order valence-corrected chi connectivity index (χ4v) is 1.60. The van der Waals surface area contributed by atoms with E-state index >= 15 is 0 Å². The van der Waals surface area contributed by atoms with Gasteiger partial charge in [-0.3, -0.25) is 0 Å². The molecule has 0 spiro atoms. The van der Waals surface area contributed by atoms with Crippen LogP contribution in [0.15, 0.2) is 36.4 Å². The molecule has 2 nitrogen and oxygen atoms in total. The lowest BCUT2D eigenvalue weighted by Gasteiger charge is -2.09. The number of hydrogen-bond acceptors (Lipinski definition) is 2. The summed E-state index contributed by atoms with van der Waals surface area (Å²) in [5, 5.41) is 11.1. The number of rotatable bonds is 3. The third kappa shape index (κ3) is 2.68. The van der Waals surface area contributed by atoms with Crippen LogP contribution in [0.1, 0.15) is 11.1 Å². The fourth-order valence-electron chi connectivity index (χ4n) is 1.60. The highest BCUT2D eigenvalue weighted by molar-refractivity contribution is 5.50. The average molecular weight is 262 g/mol. The van der Waals surface area contributed by atoms with Crippen molar-refractivity contribution < 1.29 is 13.2 Å². The van der Waals surface area contributed by atoms with Gasteiger partial charge in [-0.2, -0.15) is 5.26 Å². The van der Waals surface area contributed by atoms with Crippen LogP contribution in [0.3, 0.4) is 0 Å². The summed E-state index contributed by atoms with van der Waals surface area (Å²) in [6.45, 7) is 0.0228. The molecular formula is C14H9F3N2. The predicted octanol–water partition coefficient (Wildman–Crippen LogP) is 3.59. The summed E-state index contributed by atoms with van der Waals surface area (Å²) < 4.78 is 40.3. The molecular weight excluding hydrogens is 253 g/mol. The van der Waals surface area contributed by atoms with Crippen molar-refractivity contribution in [3.63, 3.8) is 0 Å². The van der Waals surface area contributed by atoms with Gasteiger partial charge in [0.05, 0.1) is 11.3 Å². The minimum absolute atomic E-state index is 0.0228. The normalized spacial score (nSPS) is 10.0. The zero-order valence-electron chi connectivity index (χ0n) is 9.75. The van der Waals surface area contributed by atoms with Crippen molar-refractivity contribution >= 4 is 5.69 Å². The Kier molecular flexibility index (Phi) is 3.71. The Morgan fingerprint density at radius 2 is 1.74 bits per heavy atom. The monoisotopic (exact) mass is 262 g/mol. The van der Waals surface area contributed by atoms with Gasteiger partial charge >= 0.3 is 0 Å². The SMILES string of the molecule is N#Cc1ccc(NCc2ccccc2F)c(F)c1F. The summed E-state index contributed by atoms with van der Waals surface area (Å²) in [5.74, 6) is -2.78. The highest BCUT2D eigenvalue weighted by Gasteiger charge is 2.13. The van der Waals surface area contributed by atoms with Crippen LogP contribution in [0.25, 0.3) is 0 Å². The van der Waals surface area contributed by atoms with E-state index in [0.717, 1.165) is 0 Å². The van der Waals surface area contributed by atoms with Crippen LogP contribution in [-0.4, -0.2) is 0 Å². The summed E-state index contributed by atoms with van der Waals surface area (Å²) in [7, 11) is 0. The second-order valence-corrected chi connectivity index (χ2v) is 3.85. The van der Waals surface area contributed by atoms with Crippen molar-refractivity contribution in [2.75, 3.05) is 5.32 Å². The second-order valence-electron chi connectivity index (χ2n) is 3.85. The first kappa shape index (κ1) is 13.0. The van der Waals surface area contributed by atoms with Crippen molar-refractivity contribution in [1.29, 1.82) is 5.26 Å². The summed E-state index contributed by atoms with van der Waals surface area (Å²) in [5.41, 5.74) is -0.139. The summed E-state index contributed by atoms with van der Waals surface area (Å²) >= 11 is 0. The zero-order valence-corrected chi connectivity index (χ0v) is 9.75. The van der Waals surface area contributed by atoms with Gasteiger partial charge in [0.2, 0.25) is 0 Å². The van der Waals surface area contributed by atoms with E-state index in [1.54, 1.807) is 24.3 Å². The molecule has 5 heteroatoms. The van der Waals surface area contributed by atoms with E-state index in [4.69, 9.17) is 5.26 Å². The minimum atomic E-state index is -1.21. The Balaban J connectivity index is 2.20. The van der Waals surface area contributed by atoms with Gasteiger partial charge in [-0.1, -0.05) is 18.2 Å². The van der Waals surface area contributed by atoms with E-state index < -0.39 is 17.5 Å². The molecule has 96 valence electrons. The lowest BCUT2D eigenvalue weighted by molar-refractivity contribution is 0.508. The Hall–Kier alpha value is -2.48. The number of nitrogens with zero attached hydrogens (tertiary/aromatic N) is 1. The highest BCUT2D eigenvalue weighted by atomic mass is 19.2. The fraction of sp³-hybridized carbons (Fsp3) is 0.0714. The molecule has 0 saturated heterocycles. The maximum absolute atomic E-state index is 13.6. The minimum Gasteiger partial charge on any atom is -0.378 e. The van der Waals surface area contributed by atoms with Crippen molar-refractivity contribution in [3.05, 3.63) is 65.0 Å². The molecule has 2 aromatic rings. The van der Waals surface area contributed by atoms with Gasteiger partial charge in [-0.15, -0.1) is 0 Å². The molecule has 0 aliphatic heterocycles. The molecule has 0 aromatic heterocycles. The number of nitriles is 1. The molecule has 19 heavy (non-hydrogen) atoms. The molecule has 0 atom stereocenters. The van der Waals surface area contributed by atoms with Crippen LogP contribution < -0.4 is 5.32 Å². The van der Waals surface area contributed by atoms with E-state index in [1.807, 2.05) is 0 Å². The van der Waals surface area contributed by atoms with Gasteiger partial charge in [0.15, 0.2) is 11.6 Å². The average Bonchev–Trinajstić information content (AvgIpc) is 2.42. The van der Waals surface area contributed by atoms with Crippen molar-refractivity contribution in [2.45, 2.75) is 6.54 Å². The van der Waals surface area contributed by atoms with E-state index in [2.05, 4.69) is 5.32 Å². The van der Waals surface area contributed by atoms with Crippen molar-refractivity contribution in [3.8, 4) is 6.07 Å². The molecule has 0 bridgehead atoms. The Bertz CT molecular complexity index is 648. The van der Waals surface area contributed by atoms with Gasteiger partial charge < -0.3 is 5.32 Å². The summed E-state index contributed by atoms with van der Waals surface area (Å²) in [6, 6.07) is 9.98. The van der Waals surface area contributed by atoms with E-state index in [0.29, 0.717) is 5.56 Å². The molecule has 0 fully saturated rings. The van der Waals surface area contributed by atoms with Crippen LogP contribution in [0.2, 0.25) is 0 Å². The first-order chi connectivity index (χ1) is 9.13. The maximum Gasteiger partial charge on any atom is 0.183 e. The number of hydrogen-bond donors (Lipinski definition) is 1. The van der Waals surface area contributed by atoms with Crippen molar-refractivity contribution in [2.24, 2.45) is 0 Å². The van der Waals surface area contributed by atoms with Gasteiger partial charge in [-0.25, -0.2) is 13.2 Å². The topological polar surface area (TPSA) is 35.8 Å². The second kappa shape index (κ2) is 5.44. The highest BCUT2D eigenvalue weighted by Crippen LogP contribution is 2.21. The number of nitrogens with one attached hydrogen (secondary N) is 1. The van der Waals surface area contributed by atoms with Gasteiger partial charge in [0.25, 0.3) is 0 Å². The molecule has 1 N–H and O–H groups in total. The molecule has 0 heterocycles. The molecule has 0 aliphatic carbocycles. The van der Waals surface area contributed by atoms with E-state index in [9.17, 15) is 13.2 Å². The first-order valence-electron chi connectivity index (χ1n) is 5.49. The Morgan fingerprint density at radius 1 is 1.00 bits per heavy atom. The Morgan fingerprint density at radius 3 is 2.42 bits per heavy atom. The van der Waals surface area contributed by atoms with Gasteiger partial charge in [0.1, 0.15) is 11.9 Å². The Labute approximate surface area is 108 Å². The molecule has 0 unspecified atom stereocenters. The van der Waals surface area contributed by atoms with E-state index in [1.165, 1.54) is 18.2 Å². The third-order valence-corrected chi connectivity index (χ3v) is 2.63. The number of halogens is 3. The zero-order chi connectivity index (χ0) is 13.8.